The summed E-state index contributed by atoms with van der Waals surface area (Å²) in [6.07, 6.45) is 4.82. The Kier molecular flexibility index (Phi) is 4.66. The zero-order chi connectivity index (χ0) is 25.3. The van der Waals surface area contributed by atoms with E-state index in [0.717, 1.165) is 35.9 Å². The van der Waals surface area contributed by atoms with E-state index in [1.54, 1.807) is 0 Å². The van der Waals surface area contributed by atoms with Gasteiger partial charge in [-0.05, 0) is 88.6 Å². The van der Waals surface area contributed by atoms with Gasteiger partial charge in [-0.15, -0.1) is 0 Å². The highest BCUT2D eigenvalue weighted by atomic mass is 19.1. The number of aromatic nitrogens is 2. The van der Waals surface area contributed by atoms with Crippen molar-refractivity contribution in [1.29, 1.82) is 0 Å². The summed E-state index contributed by atoms with van der Waals surface area (Å²) in [4.78, 5) is 1.98. The molecule has 7 heteroatoms. The predicted octanol–water partition coefficient (Wildman–Crippen LogP) is 4.15. The van der Waals surface area contributed by atoms with Gasteiger partial charge in [0.25, 0.3) is 0 Å². The standard InChI is InChI=1S/C29H38FN3O3/c1-16-18-6-5-17(13-21(18)32-31-16)19-7-8-23-26(19,2)9-11-28(30)14-20-24(34)25(35)22(33(3)4)15-27(20)10-12-29(23,28)36-27/h5-7,13,20,22-25,34-35H,8-12,14-15H2,1-4H3,(H,31,32)/t20?,22-,23?,24+,25+,26+,27+,28?,29-/m0/s1. The predicted molar refractivity (Wildman–Crippen MR) is 136 cm³/mol. The number of alkyl halides is 1. The quantitative estimate of drug-likeness (QED) is 0.583. The molecule has 6 nitrogen and oxygen atoms in total. The number of nitrogens with zero attached hydrogens (tertiary/aromatic N) is 2. The van der Waals surface area contributed by atoms with E-state index in [1.165, 1.54) is 11.1 Å². The average molecular weight is 496 g/mol. The van der Waals surface area contributed by atoms with E-state index in [4.69, 9.17) is 4.74 Å². The minimum atomic E-state index is -1.48. The number of aliphatic hydroxyl groups excluding tert-OH is 2. The molecule has 2 saturated carbocycles. The molecule has 0 radical (unpaired) electrons. The second-order valence-corrected chi connectivity index (χ2v) is 12.9. The van der Waals surface area contributed by atoms with Crippen LogP contribution in [0.25, 0.3) is 16.5 Å². The van der Waals surface area contributed by atoms with Gasteiger partial charge in [0, 0.05) is 23.3 Å². The van der Waals surface area contributed by atoms with E-state index in [-0.39, 0.29) is 29.7 Å². The first-order valence-electron chi connectivity index (χ1n) is 13.6. The number of halogens is 1. The van der Waals surface area contributed by atoms with Crippen LogP contribution in [0.2, 0.25) is 0 Å². The number of aliphatic hydroxyl groups is 2. The molecule has 36 heavy (non-hydrogen) atoms. The number of benzene rings is 1. The number of aryl methyl sites for hydroxylation is 1. The molecule has 3 aliphatic carbocycles. The molecule has 1 aromatic carbocycles. The molecule has 1 aromatic heterocycles. The van der Waals surface area contributed by atoms with E-state index >= 15 is 4.39 Å². The lowest BCUT2D eigenvalue weighted by Crippen LogP contribution is -2.72. The molecular formula is C29H38FN3O3. The molecule has 2 aromatic rings. The van der Waals surface area contributed by atoms with Gasteiger partial charge in [0.15, 0.2) is 0 Å². The number of aromatic amines is 1. The molecule has 3 heterocycles. The summed E-state index contributed by atoms with van der Waals surface area (Å²) < 4.78 is 24.3. The highest BCUT2D eigenvalue weighted by Gasteiger charge is 2.77. The van der Waals surface area contributed by atoms with Crippen LogP contribution < -0.4 is 0 Å². The van der Waals surface area contributed by atoms with E-state index in [2.05, 4.69) is 41.4 Å². The summed E-state index contributed by atoms with van der Waals surface area (Å²) in [7, 11) is 3.88. The number of allylic oxidation sites excluding steroid dienone is 2. The summed E-state index contributed by atoms with van der Waals surface area (Å²) in [5.41, 5.74) is 1.44. The normalized spacial score (nSPS) is 47.6. The third-order valence-corrected chi connectivity index (χ3v) is 11.3. The number of hydrogen-bond acceptors (Lipinski definition) is 5. The van der Waals surface area contributed by atoms with Gasteiger partial charge in [0.05, 0.1) is 29.0 Å². The number of hydrogen-bond donors (Lipinski definition) is 3. The monoisotopic (exact) mass is 495 g/mol. The lowest BCUT2D eigenvalue weighted by molar-refractivity contribution is -0.314. The molecule has 0 amide bonds. The van der Waals surface area contributed by atoms with Gasteiger partial charge < -0.3 is 19.8 Å². The molecule has 2 bridgehead atoms. The second kappa shape index (κ2) is 7.19. The topological polar surface area (TPSA) is 81.6 Å². The van der Waals surface area contributed by atoms with Crippen LogP contribution in [0.1, 0.15) is 63.1 Å². The van der Waals surface area contributed by atoms with Crippen LogP contribution in [0.15, 0.2) is 24.3 Å². The van der Waals surface area contributed by atoms with Crippen molar-refractivity contribution in [3.63, 3.8) is 0 Å². The molecule has 4 fully saturated rings. The van der Waals surface area contributed by atoms with Gasteiger partial charge >= 0.3 is 0 Å². The summed E-state index contributed by atoms with van der Waals surface area (Å²) in [5.74, 6) is -0.311. The van der Waals surface area contributed by atoms with Crippen LogP contribution in [0, 0.1) is 24.2 Å². The molecule has 7 rings (SSSR count). The first kappa shape index (κ1) is 23.3. The van der Waals surface area contributed by atoms with Gasteiger partial charge in [-0.25, -0.2) is 4.39 Å². The number of fused-ring (bicyclic) bond motifs is 2. The SMILES string of the molecule is Cc1n[nH]c2cc(C3=CCC4[C@@]56CC[C@]7(C[C@H](N(C)C)[C@@H](O)[C@H](O)C7CC5(F)CC[C@]34C)O6)ccc12. The summed E-state index contributed by atoms with van der Waals surface area (Å²) in [6.45, 7) is 4.33. The fourth-order valence-electron chi connectivity index (χ4n) is 9.33. The Morgan fingerprint density at radius 3 is 2.69 bits per heavy atom. The lowest BCUT2D eigenvalue weighted by atomic mass is 9.51. The molecule has 5 aliphatic rings. The minimum absolute atomic E-state index is 0.0556. The highest BCUT2D eigenvalue weighted by molar-refractivity contribution is 5.86. The van der Waals surface area contributed by atoms with E-state index in [0.29, 0.717) is 19.3 Å². The van der Waals surface area contributed by atoms with Crippen LogP contribution in [-0.2, 0) is 4.74 Å². The zero-order valence-electron chi connectivity index (χ0n) is 21.7. The van der Waals surface area contributed by atoms with Crippen molar-refractivity contribution in [2.24, 2.45) is 17.3 Å². The Hall–Kier alpha value is -1.80. The number of ether oxygens (including phenoxy) is 1. The molecule has 3 unspecified atom stereocenters. The van der Waals surface area contributed by atoms with E-state index in [9.17, 15) is 10.2 Å². The molecular weight excluding hydrogens is 457 g/mol. The Bertz CT molecular complexity index is 1280. The molecule has 2 aliphatic heterocycles. The molecule has 9 atom stereocenters. The number of nitrogens with one attached hydrogen (secondary N) is 1. The van der Waals surface area contributed by atoms with Crippen molar-refractivity contribution in [1.82, 2.24) is 15.1 Å². The summed E-state index contributed by atoms with van der Waals surface area (Å²) in [5, 5.41) is 30.7. The summed E-state index contributed by atoms with van der Waals surface area (Å²) >= 11 is 0. The lowest BCUT2D eigenvalue weighted by Gasteiger charge is -2.64. The fraction of sp³-hybridized carbons (Fsp3) is 0.690. The number of rotatable bonds is 2. The molecule has 194 valence electrons. The van der Waals surface area contributed by atoms with Crippen molar-refractivity contribution < 1.29 is 19.3 Å². The van der Waals surface area contributed by atoms with Crippen LogP contribution in [0.4, 0.5) is 4.39 Å². The van der Waals surface area contributed by atoms with Gasteiger partial charge in [-0.2, -0.15) is 5.10 Å². The van der Waals surface area contributed by atoms with Gasteiger partial charge in [-0.1, -0.05) is 25.1 Å². The smallest absolute Gasteiger partial charge is 0.140 e. The maximum atomic E-state index is 17.2. The highest BCUT2D eigenvalue weighted by Crippen LogP contribution is 2.72. The van der Waals surface area contributed by atoms with Crippen LogP contribution in [0.5, 0.6) is 0 Å². The summed E-state index contributed by atoms with van der Waals surface area (Å²) in [6, 6.07) is 6.32. The van der Waals surface area contributed by atoms with Crippen LogP contribution in [0.3, 0.4) is 0 Å². The first-order valence-corrected chi connectivity index (χ1v) is 13.6. The minimum Gasteiger partial charge on any atom is -0.390 e. The Morgan fingerprint density at radius 1 is 1.11 bits per heavy atom. The van der Waals surface area contributed by atoms with Crippen molar-refractivity contribution in [3.8, 4) is 0 Å². The van der Waals surface area contributed by atoms with Crippen LogP contribution >= 0.6 is 0 Å². The van der Waals surface area contributed by atoms with Gasteiger partial charge in [0.1, 0.15) is 11.3 Å². The maximum Gasteiger partial charge on any atom is 0.140 e. The first-order chi connectivity index (χ1) is 17.0. The fourth-order valence-corrected chi connectivity index (χ4v) is 9.33. The largest absolute Gasteiger partial charge is 0.390 e. The number of H-pyrrole nitrogens is 1. The molecule has 3 N–H and O–H groups in total. The van der Waals surface area contributed by atoms with Crippen LogP contribution in [-0.4, -0.2) is 74.5 Å². The van der Waals surface area contributed by atoms with Gasteiger partial charge in [0.2, 0.25) is 0 Å². The third kappa shape index (κ3) is 2.68. The Balaban J connectivity index is 1.27. The molecule has 2 saturated heterocycles. The van der Waals surface area contributed by atoms with Gasteiger partial charge in [-0.3, -0.25) is 5.10 Å². The van der Waals surface area contributed by atoms with E-state index in [1.807, 2.05) is 25.9 Å². The second-order valence-electron chi connectivity index (χ2n) is 12.9. The third-order valence-electron chi connectivity index (χ3n) is 11.3. The van der Waals surface area contributed by atoms with Crippen molar-refractivity contribution in [2.45, 2.75) is 93.9 Å². The zero-order valence-corrected chi connectivity index (χ0v) is 21.7. The van der Waals surface area contributed by atoms with Crippen molar-refractivity contribution in [3.05, 3.63) is 35.5 Å². The average Bonchev–Trinajstić information content (AvgIpc) is 3.50. The molecule has 2 spiro atoms. The van der Waals surface area contributed by atoms with Crippen molar-refractivity contribution in [2.75, 3.05) is 14.1 Å². The maximum absolute atomic E-state index is 17.2. The van der Waals surface area contributed by atoms with E-state index < -0.39 is 29.1 Å². The Labute approximate surface area is 211 Å². The van der Waals surface area contributed by atoms with Crippen molar-refractivity contribution >= 4 is 16.5 Å². The number of likely N-dealkylation sites (N-methyl/N-ethyl adjacent to an activating group) is 1. The Morgan fingerprint density at radius 2 is 1.92 bits per heavy atom.